The van der Waals surface area contributed by atoms with Crippen molar-refractivity contribution in [2.45, 2.75) is 26.2 Å². The summed E-state index contributed by atoms with van der Waals surface area (Å²) in [5.74, 6) is 1.60. The largest absolute Gasteiger partial charge is 0.316 e. The second-order valence-corrected chi connectivity index (χ2v) is 4.96. The summed E-state index contributed by atoms with van der Waals surface area (Å²) in [7, 11) is 0. The van der Waals surface area contributed by atoms with E-state index in [2.05, 4.69) is 30.6 Å². The highest BCUT2D eigenvalue weighted by molar-refractivity contribution is 7.10. The third kappa shape index (κ3) is 1.79. The highest BCUT2D eigenvalue weighted by Gasteiger charge is 2.23. The van der Waals surface area contributed by atoms with Crippen LogP contribution in [0.5, 0.6) is 0 Å². The third-order valence-corrected chi connectivity index (χ3v) is 4.34. The van der Waals surface area contributed by atoms with E-state index >= 15 is 0 Å². The fourth-order valence-electron chi connectivity index (χ4n) is 2.17. The minimum atomic E-state index is 0.745. The Kier molecular flexibility index (Phi) is 2.70. The van der Waals surface area contributed by atoms with Crippen molar-refractivity contribution in [1.29, 1.82) is 0 Å². The van der Waals surface area contributed by atoms with Gasteiger partial charge in [-0.15, -0.1) is 11.3 Å². The van der Waals surface area contributed by atoms with Gasteiger partial charge in [0.1, 0.15) is 0 Å². The number of rotatable bonds is 2. The monoisotopic (exact) mass is 195 g/mol. The Morgan fingerprint density at radius 2 is 2.46 bits per heavy atom. The predicted octanol–water partition coefficient (Wildman–Crippen LogP) is 2.77. The van der Waals surface area contributed by atoms with E-state index in [-0.39, 0.29) is 0 Å². The molecule has 0 aliphatic carbocycles. The lowest BCUT2D eigenvalue weighted by atomic mass is 9.90. The second-order valence-electron chi connectivity index (χ2n) is 4.01. The zero-order valence-corrected chi connectivity index (χ0v) is 9.16. The number of hydrogen-bond donors (Lipinski definition) is 1. The Morgan fingerprint density at radius 1 is 1.62 bits per heavy atom. The summed E-state index contributed by atoms with van der Waals surface area (Å²) in [4.78, 5) is 1.59. The lowest BCUT2D eigenvalue weighted by molar-refractivity contribution is 0.492. The molecule has 72 valence electrons. The molecule has 1 saturated heterocycles. The van der Waals surface area contributed by atoms with Crippen LogP contribution in [0.1, 0.15) is 29.7 Å². The number of thiophene rings is 1. The van der Waals surface area contributed by atoms with E-state index in [0.29, 0.717) is 0 Å². The second kappa shape index (κ2) is 3.81. The molecule has 1 N–H and O–H groups in total. The van der Waals surface area contributed by atoms with E-state index in [1.807, 2.05) is 11.3 Å². The van der Waals surface area contributed by atoms with E-state index in [1.54, 1.807) is 4.88 Å². The summed E-state index contributed by atoms with van der Waals surface area (Å²) in [5, 5.41) is 5.65. The maximum atomic E-state index is 3.44. The molecule has 1 aliphatic rings. The van der Waals surface area contributed by atoms with Crippen molar-refractivity contribution in [1.82, 2.24) is 5.32 Å². The molecule has 1 nitrogen and oxygen atoms in total. The molecule has 2 atom stereocenters. The quantitative estimate of drug-likeness (QED) is 0.765. The fraction of sp³-hybridized carbons (Fsp3) is 0.636. The molecular weight excluding hydrogens is 178 g/mol. The lowest BCUT2D eigenvalue weighted by Gasteiger charge is -2.17. The molecule has 2 heterocycles. The van der Waals surface area contributed by atoms with E-state index in [9.17, 15) is 0 Å². The number of aryl methyl sites for hydroxylation is 1. The van der Waals surface area contributed by atoms with E-state index in [1.165, 1.54) is 25.1 Å². The molecule has 13 heavy (non-hydrogen) atoms. The van der Waals surface area contributed by atoms with Gasteiger partial charge in [0.15, 0.2) is 0 Å². The maximum Gasteiger partial charge on any atom is 0.0106 e. The molecule has 2 heteroatoms. The fourth-order valence-corrected chi connectivity index (χ4v) is 3.25. The first-order chi connectivity index (χ1) is 6.29. The topological polar surface area (TPSA) is 12.0 Å². The highest BCUT2D eigenvalue weighted by Crippen LogP contribution is 2.33. The van der Waals surface area contributed by atoms with Gasteiger partial charge >= 0.3 is 0 Å². The van der Waals surface area contributed by atoms with Gasteiger partial charge in [-0.2, -0.15) is 0 Å². The van der Waals surface area contributed by atoms with Crippen molar-refractivity contribution in [3.8, 4) is 0 Å². The first-order valence-corrected chi connectivity index (χ1v) is 5.91. The van der Waals surface area contributed by atoms with Gasteiger partial charge in [0.2, 0.25) is 0 Å². The Labute approximate surface area is 84.2 Å². The van der Waals surface area contributed by atoms with Gasteiger partial charge in [0, 0.05) is 4.88 Å². The van der Waals surface area contributed by atoms with Crippen LogP contribution in [-0.2, 0) is 0 Å². The van der Waals surface area contributed by atoms with Crippen molar-refractivity contribution in [2.24, 2.45) is 5.92 Å². The molecule has 0 saturated carbocycles. The molecule has 0 aromatic carbocycles. The standard InChI is InChI=1S/C11H17NS/c1-8-4-6-13-11(8)9(2)10-3-5-12-7-10/h4,6,9-10,12H,3,5,7H2,1-2H3. The first kappa shape index (κ1) is 9.22. The Balaban J connectivity index is 2.12. The summed E-state index contributed by atoms with van der Waals surface area (Å²) >= 11 is 1.92. The number of nitrogens with one attached hydrogen (secondary N) is 1. The van der Waals surface area contributed by atoms with Crippen LogP contribution in [0.25, 0.3) is 0 Å². The van der Waals surface area contributed by atoms with Crippen molar-refractivity contribution >= 4 is 11.3 Å². The van der Waals surface area contributed by atoms with Gasteiger partial charge in [0.25, 0.3) is 0 Å². The summed E-state index contributed by atoms with van der Waals surface area (Å²) in [5.41, 5.74) is 1.48. The summed E-state index contributed by atoms with van der Waals surface area (Å²) in [6, 6.07) is 2.24. The molecule has 0 radical (unpaired) electrons. The van der Waals surface area contributed by atoms with Gasteiger partial charge in [0.05, 0.1) is 0 Å². The van der Waals surface area contributed by atoms with Crippen LogP contribution in [0.15, 0.2) is 11.4 Å². The molecule has 0 bridgehead atoms. The molecule has 2 rings (SSSR count). The minimum Gasteiger partial charge on any atom is -0.316 e. The van der Waals surface area contributed by atoms with Crippen molar-refractivity contribution in [3.05, 3.63) is 21.9 Å². The van der Waals surface area contributed by atoms with E-state index < -0.39 is 0 Å². The Morgan fingerprint density at radius 3 is 3.00 bits per heavy atom. The molecular formula is C11H17NS. The first-order valence-electron chi connectivity index (χ1n) is 5.03. The molecule has 1 aromatic heterocycles. The van der Waals surface area contributed by atoms with Crippen molar-refractivity contribution in [3.63, 3.8) is 0 Å². The molecule has 1 aliphatic heterocycles. The van der Waals surface area contributed by atoms with Crippen LogP contribution in [-0.4, -0.2) is 13.1 Å². The number of hydrogen-bond acceptors (Lipinski definition) is 2. The van der Waals surface area contributed by atoms with Gasteiger partial charge < -0.3 is 5.32 Å². The van der Waals surface area contributed by atoms with Gasteiger partial charge in [-0.25, -0.2) is 0 Å². The van der Waals surface area contributed by atoms with Crippen molar-refractivity contribution in [2.75, 3.05) is 13.1 Å². The summed E-state index contributed by atoms with van der Waals surface area (Å²) in [6.07, 6.45) is 1.35. The van der Waals surface area contributed by atoms with Gasteiger partial charge in [-0.3, -0.25) is 0 Å². The van der Waals surface area contributed by atoms with Gasteiger partial charge in [-0.05, 0) is 55.3 Å². The van der Waals surface area contributed by atoms with Crippen LogP contribution in [0.4, 0.5) is 0 Å². The molecule has 0 amide bonds. The van der Waals surface area contributed by atoms with Gasteiger partial charge in [-0.1, -0.05) is 6.92 Å². The third-order valence-electron chi connectivity index (χ3n) is 3.12. The highest BCUT2D eigenvalue weighted by atomic mass is 32.1. The molecule has 0 spiro atoms. The smallest absolute Gasteiger partial charge is 0.0106 e. The molecule has 1 fully saturated rings. The minimum absolute atomic E-state index is 0.745. The van der Waals surface area contributed by atoms with E-state index in [4.69, 9.17) is 0 Å². The summed E-state index contributed by atoms with van der Waals surface area (Å²) < 4.78 is 0. The average molecular weight is 195 g/mol. The lowest BCUT2D eigenvalue weighted by Crippen LogP contribution is -2.13. The normalized spacial score (nSPS) is 24.9. The predicted molar refractivity (Wildman–Crippen MR) is 58.4 cm³/mol. The SMILES string of the molecule is Cc1ccsc1C(C)C1CCNC1. The Bertz CT molecular complexity index is 273. The van der Waals surface area contributed by atoms with Crippen LogP contribution in [0.3, 0.4) is 0 Å². The zero-order chi connectivity index (χ0) is 9.26. The maximum absolute atomic E-state index is 3.44. The molecule has 1 aromatic rings. The van der Waals surface area contributed by atoms with Crippen LogP contribution in [0.2, 0.25) is 0 Å². The zero-order valence-electron chi connectivity index (χ0n) is 8.34. The van der Waals surface area contributed by atoms with E-state index in [0.717, 1.165) is 11.8 Å². The van der Waals surface area contributed by atoms with Crippen LogP contribution in [0, 0.1) is 12.8 Å². The molecule has 2 unspecified atom stereocenters. The average Bonchev–Trinajstić information content (AvgIpc) is 2.72. The Hall–Kier alpha value is -0.340. The summed E-state index contributed by atoms with van der Waals surface area (Å²) in [6.45, 7) is 7.01. The van der Waals surface area contributed by atoms with Crippen LogP contribution < -0.4 is 5.32 Å². The van der Waals surface area contributed by atoms with Crippen molar-refractivity contribution < 1.29 is 0 Å². The van der Waals surface area contributed by atoms with Crippen LogP contribution >= 0.6 is 11.3 Å².